The van der Waals surface area contributed by atoms with E-state index in [0.29, 0.717) is 22.4 Å². The number of esters is 1. The Morgan fingerprint density at radius 3 is 1.74 bits per heavy atom. The number of aromatic hydroxyl groups is 2. The van der Waals surface area contributed by atoms with Crippen molar-refractivity contribution < 1.29 is 19.7 Å². The van der Waals surface area contributed by atoms with Crippen LogP contribution in [0.15, 0.2) is 84.9 Å². The van der Waals surface area contributed by atoms with Crippen LogP contribution in [0.2, 0.25) is 0 Å². The van der Waals surface area contributed by atoms with Crippen LogP contribution in [0.1, 0.15) is 29.5 Å². The zero-order valence-electron chi connectivity index (χ0n) is 14.9. The second-order valence-electron chi connectivity index (χ2n) is 6.26. The smallest absolute Gasteiger partial charge is 0.338 e. The summed E-state index contributed by atoms with van der Waals surface area (Å²) in [6.45, 7) is 5.19. The Labute approximate surface area is 158 Å². The van der Waals surface area contributed by atoms with Gasteiger partial charge in [0.1, 0.15) is 17.2 Å². The van der Waals surface area contributed by atoms with E-state index in [1.165, 1.54) is 0 Å². The number of hydrogen-bond acceptors (Lipinski definition) is 4. The molecule has 0 amide bonds. The van der Waals surface area contributed by atoms with Gasteiger partial charge in [-0.3, -0.25) is 0 Å². The van der Waals surface area contributed by atoms with Gasteiger partial charge in [0, 0.05) is 28.2 Å². The molecule has 136 valence electrons. The van der Waals surface area contributed by atoms with E-state index in [4.69, 9.17) is 4.74 Å². The van der Waals surface area contributed by atoms with Crippen LogP contribution < -0.4 is 4.74 Å². The van der Waals surface area contributed by atoms with Crippen molar-refractivity contribution in [1.29, 1.82) is 0 Å². The minimum absolute atomic E-state index is 0.0896. The number of phenolic OH excluding ortho intramolecular Hbond substituents is 2. The molecule has 0 aliphatic heterocycles. The summed E-state index contributed by atoms with van der Waals surface area (Å²) in [5.74, 6) is -0.530. The number of ether oxygens (including phenoxy) is 1. The molecule has 0 radical (unpaired) electrons. The van der Waals surface area contributed by atoms with Gasteiger partial charge in [0.2, 0.25) is 0 Å². The largest absolute Gasteiger partial charge is 0.508 e. The third-order valence-electron chi connectivity index (χ3n) is 4.28. The Hall–Kier alpha value is -3.53. The minimum Gasteiger partial charge on any atom is -0.508 e. The Kier molecular flexibility index (Phi) is 5.27. The summed E-state index contributed by atoms with van der Waals surface area (Å²) in [4.78, 5) is 12.1. The molecule has 0 saturated heterocycles. The summed E-state index contributed by atoms with van der Waals surface area (Å²) < 4.78 is 5.51. The van der Waals surface area contributed by atoms with Crippen molar-refractivity contribution >= 4 is 5.97 Å². The van der Waals surface area contributed by atoms with Gasteiger partial charge >= 0.3 is 5.97 Å². The van der Waals surface area contributed by atoms with E-state index < -0.39 is 11.9 Å². The zero-order valence-corrected chi connectivity index (χ0v) is 14.9. The molecule has 0 spiro atoms. The number of phenols is 2. The summed E-state index contributed by atoms with van der Waals surface area (Å²) in [5.41, 5.74) is 2.12. The summed E-state index contributed by atoms with van der Waals surface area (Å²) >= 11 is 0. The lowest BCUT2D eigenvalue weighted by Gasteiger charge is -2.23. The van der Waals surface area contributed by atoms with Crippen molar-refractivity contribution in [2.75, 3.05) is 0 Å². The van der Waals surface area contributed by atoms with E-state index in [1.54, 1.807) is 55.5 Å². The number of benzene rings is 3. The average molecular weight is 360 g/mol. The fourth-order valence-corrected chi connectivity index (χ4v) is 2.96. The number of carbonyl (C=O) groups excluding carboxylic acids is 1. The maximum Gasteiger partial charge on any atom is 0.338 e. The Morgan fingerprint density at radius 2 is 1.26 bits per heavy atom. The Bertz CT molecular complexity index is 945. The van der Waals surface area contributed by atoms with Gasteiger partial charge in [-0.15, -0.1) is 0 Å². The van der Waals surface area contributed by atoms with Gasteiger partial charge in [-0.1, -0.05) is 61.2 Å². The molecule has 27 heavy (non-hydrogen) atoms. The van der Waals surface area contributed by atoms with E-state index in [9.17, 15) is 15.0 Å². The van der Waals surface area contributed by atoms with Gasteiger partial charge in [-0.2, -0.15) is 0 Å². The van der Waals surface area contributed by atoms with Gasteiger partial charge < -0.3 is 14.9 Å². The molecule has 0 aliphatic rings. The quantitative estimate of drug-likeness (QED) is 0.298. The van der Waals surface area contributed by atoms with Crippen molar-refractivity contribution in [2.24, 2.45) is 0 Å². The number of rotatable bonds is 5. The van der Waals surface area contributed by atoms with Crippen molar-refractivity contribution in [3.8, 4) is 17.2 Å². The SMILES string of the molecule is C=C(C)C(=O)Oc1ccccc1C(c1ccccc1O)c1ccccc1O. The highest BCUT2D eigenvalue weighted by Crippen LogP contribution is 2.43. The average Bonchev–Trinajstić information content (AvgIpc) is 2.66. The Morgan fingerprint density at radius 1 is 0.815 bits per heavy atom. The molecule has 4 heteroatoms. The van der Waals surface area contributed by atoms with E-state index >= 15 is 0 Å². The standard InChI is InChI=1S/C23H20O4/c1-15(2)23(26)27-21-14-8-5-11-18(21)22(16-9-3-6-12-19(16)24)17-10-4-7-13-20(17)25/h3-14,22,24-25H,1H2,2H3. The normalized spacial score (nSPS) is 10.6. The lowest BCUT2D eigenvalue weighted by atomic mass is 9.83. The molecule has 2 N–H and O–H groups in total. The first-order valence-electron chi connectivity index (χ1n) is 8.51. The molecule has 0 saturated carbocycles. The van der Waals surface area contributed by atoms with Crippen LogP contribution in [0, 0.1) is 0 Å². The third-order valence-corrected chi connectivity index (χ3v) is 4.28. The predicted molar refractivity (Wildman–Crippen MR) is 104 cm³/mol. The maximum atomic E-state index is 12.1. The van der Waals surface area contributed by atoms with E-state index in [2.05, 4.69) is 6.58 Å². The minimum atomic E-state index is -0.532. The molecule has 4 nitrogen and oxygen atoms in total. The number of carbonyl (C=O) groups is 1. The summed E-state index contributed by atoms with van der Waals surface area (Å²) in [7, 11) is 0. The molecule has 0 heterocycles. The van der Waals surface area contributed by atoms with E-state index in [-0.39, 0.29) is 17.1 Å². The van der Waals surface area contributed by atoms with Gasteiger partial charge in [0.15, 0.2) is 0 Å². The first kappa shape index (κ1) is 18.3. The van der Waals surface area contributed by atoms with Gasteiger partial charge in [-0.25, -0.2) is 4.79 Å². The highest BCUT2D eigenvalue weighted by atomic mass is 16.5. The second-order valence-corrected chi connectivity index (χ2v) is 6.26. The van der Waals surface area contributed by atoms with Crippen molar-refractivity contribution in [2.45, 2.75) is 12.8 Å². The van der Waals surface area contributed by atoms with Gasteiger partial charge in [-0.05, 0) is 25.1 Å². The van der Waals surface area contributed by atoms with Crippen LogP contribution in [-0.4, -0.2) is 16.2 Å². The summed E-state index contributed by atoms with van der Waals surface area (Å²) in [6, 6.07) is 20.9. The third kappa shape index (κ3) is 3.85. The lowest BCUT2D eigenvalue weighted by Crippen LogP contribution is -2.12. The first-order chi connectivity index (χ1) is 13.0. The monoisotopic (exact) mass is 360 g/mol. The fraction of sp³-hybridized carbons (Fsp3) is 0.0870. The fourth-order valence-electron chi connectivity index (χ4n) is 2.96. The summed E-state index contributed by atoms with van der Waals surface area (Å²) in [5, 5.41) is 20.9. The van der Waals surface area contributed by atoms with Crippen LogP contribution in [0.3, 0.4) is 0 Å². The molecule has 0 aliphatic carbocycles. The zero-order chi connectivity index (χ0) is 19.4. The highest BCUT2D eigenvalue weighted by Gasteiger charge is 2.26. The van der Waals surface area contributed by atoms with Crippen LogP contribution in [0.5, 0.6) is 17.2 Å². The molecule has 0 aromatic heterocycles. The number of para-hydroxylation sites is 3. The molecule has 3 aromatic rings. The maximum absolute atomic E-state index is 12.1. The predicted octanol–water partition coefficient (Wildman–Crippen LogP) is 4.76. The number of hydrogen-bond donors (Lipinski definition) is 2. The summed E-state index contributed by atoms with van der Waals surface area (Å²) in [6.07, 6.45) is 0. The van der Waals surface area contributed by atoms with Crippen LogP contribution in [-0.2, 0) is 4.79 Å². The van der Waals surface area contributed by atoms with Crippen LogP contribution in [0.25, 0.3) is 0 Å². The molecular formula is C23H20O4. The van der Waals surface area contributed by atoms with E-state index in [1.807, 2.05) is 24.3 Å². The lowest BCUT2D eigenvalue weighted by molar-refractivity contribution is -0.130. The van der Waals surface area contributed by atoms with Crippen molar-refractivity contribution in [3.05, 3.63) is 102 Å². The molecule has 0 fully saturated rings. The van der Waals surface area contributed by atoms with E-state index in [0.717, 1.165) is 0 Å². The molecular weight excluding hydrogens is 340 g/mol. The molecule has 3 aromatic carbocycles. The van der Waals surface area contributed by atoms with Crippen molar-refractivity contribution in [3.63, 3.8) is 0 Å². The second kappa shape index (κ2) is 7.79. The molecule has 3 rings (SSSR count). The molecule has 0 unspecified atom stereocenters. The highest BCUT2D eigenvalue weighted by molar-refractivity contribution is 5.89. The van der Waals surface area contributed by atoms with Crippen molar-refractivity contribution in [1.82, 2.24) is 0 Å². The van der Waals surface area contributed by atoms with Gasteiger partial charge in [0.05, 0.1) is 0 Å². The van der Waals surface area contributed by atoms with Crippen LogP contribution >= 0.6 is 0 Å². The molecule has 0 atom stereocenters. The van der Waals surface area contributed by atoms with Crippen LogP contribution in [0.4, 0.5) is 0 Å². The van der Waals surface area contributed by atoms with Gasteiger partial charge in [0.25, 0.3) is 0 Å². The molecule has 0 bridgehead atoms. The Balaban J connectivity index is 2.21. The topological polar surface area (TPSA) is 66.8 Å². The first-order valence-corrected chi connectivity index (χ1v) is 8.51.